The van der Waals surface area contributed by atoms with Gasteiger partial charge in [-0.1, -0.05) is 86.8 Å². The standard InChI is InChI=1S/C20H23O2/c1-2-3-4-11-16-19(21)22-20(17-12-7-5-8-13-17)18-14-9-6-10-15-18/h5-10,12-16,20H,2-4,11H2,1H3. The van der Waals surface area contributed by atoms with Gasteiger partial charge in [-0.3, -0.25) is 4.79 Å². The number of carbonyl (C=O) groups excluding carboxylic acids is 1. The lowest BCUT2D eigenvalue weighted by Crippen LogP contribution is -2.13. The fourth-order valence-corrected chi connectivity index (χ4v) is 2.36. The van der Waals surface area contributed by atoms with Crippen molar-refractivity contribution in [1.29, 1.82) is 0 Å². The molecule has 0 atom stereocenters. The van der Waals surface area contributed by atoms with Crippen LogP contribution in [-0.4, -0.2) is 5.97 Å². The minimum atomic E-state index is -0.350. The molecule has 115 valence electrons. The van der Waals surface area contributed by atoms with E-state index in [0.717, 1.165) is 36.8 Å². The fourth-order valence-electron chi connectivity index (χ4n) is 2.36. The van der Waals surface area contributed by atoms with Gasteiger partial charge >= 0.3 is 5.97 Å². The predicted molar refractivity (Wildman–Crippen MR) is 89.3 cm³/mol. The molecule has 0 fully saturated rings. The Morgan fingerprint density at radius 1 is 0.955 bits per heavy atom. The van der Waals surface area contributed by atoms with E-state index >= 15 is 0 Å². The summed E-state index contributed by atoms with van der Waals surface area (Å²) in [5.41, 5.74) is 1.98. The molecule has 22 heavy (non-hydrogen) atoms. The third kappa shape index (κ3) is 5.03. The smallest absolute Gasteiger partial charge is 0.310 e. The number of rotatable bonds is 8. The van der Waals surface area contributed by atoms with Gasteiger partial charge in [0.15, 0.2) is 6.10 Å². The van der Waals surface area contributed by atoms with Crippen molar-refractivity contribution in [3.63, 3.8) is 0 Å². The molecule has 0 N–H and O–H groups in total. The summed E-state index contributed by atoms with van der Waals surface area (Å²) >= 11 is 0. The maximum atomic E-state index is 12.1. The van der Waals surface area contributed by atoms with E-state index < -0.39 is 0 Å². The van der Waals surface area contributed by atoms with E-state index in [0.29, 0.717) is 0 Å². The minimum absolute atomic E-state index is 0.242. The summed E-state index contributed by atoms with van der Waals surface area (Å²) in [6.07, 6.45) is 5.42. The summed E-state index contributed by atoms with van der Waals surface area (Å²) in [7, 11) is 0. The van der Waals surface area contributed by atoms with Gasteiger partial charge in [-0.25, -0.2) is 0 Å². The van der Waals surface area contributed by atoms with Crippen molar-refractivity contribution in [1.82, 2.24) is 0 Å². The number of hydrogen-bond acceptors (Lipinski definition) is 2. The SMILES string of the molecule is CCCCC[CH]C(=O)OC(c1ccccc1)c1ccccc1. The molecule has 0 amide bonds. The van der Waals surface area contributed by atoms with Crippen LogP contribution >= 0.6 is 0 Å². The molecule has 2 aromatic rings. The topological polar surface area (TPSA) is 26.3 Å². The first-order valence-corrected chi connectivity index (χ1v) is 7.95. The molecule has 0 aromatic heterocycles. The van der Waals surface area contributed by atoms with E-state index in [1.807, 2.05) is 60.7 Å². The van der Waals surface area contributed by atoms with E-state index in [1.165, 1.54) is 0 Å². The Morgan fingerprint density at radius 3 is 2.00 bits per heavy atom. The molecule has 1 radical (unpaired) electrons. The minimum Gasteiger partial charge on any atom is -0.452 e. The Morgan fingerprint density at radius 2 is 1.50 bits per heavy atom. The van der Waals surface area contributed by atoms with E-state index in [9.17, 15) is 4.79 Å². The maximum absolute atomic E-state index is 12.1. The molecule has 0 bridgehead atoms. The quantitative estimate of drug-likeness (QED) is 0.500. The lowest BCUT2D eigenvalue weighted by molar-refractivity contribution is -0.143. The van der Waals surface area contributed by atoms with E-state index in [1.54, 1.807) is 6.42 Å². The van der Waals surface area contributed by atoms with Crippen molar-refractivity contribution in [2.24, 2.45) is 0 Å². The fraction of sp³-hybridized carbons (Fsp3) is 0.300. The molecule has 2 heteroatoms. The zero-order valence-corrected chi connectivity index (χ0v) is 13.1. The summed E-state index contributed by atoms with van der Waals surface area (Å²) in [5.74, 6) is -0.242. The first-order chi connectivity index (χ1) is 10.8. The van der Waals surface area contributed by atoms with Crippen LogP contribution in [0.15, 0.2) is 60.7 Å². The van der Waals surface area contributed by atoms with Crippen molar-refractivity contribution in [3.8, 4) is 0 Å². The van der Waals surface area contributed by atoms with Gasteiger partial charge in [-0.05, 0) is 17.5 Å². The van der Waals surface area contributed by atoms with Crippen LogP contribution in [0, 0.1) is 6.42 Å². The molecule has 0 saturated carbocycles. The Balaban J connectivity index is 2.04. The van der Waals surface area contributed by atoms with E-state index in [4.69, 9.17) is 4.74 Å². The van der Waals surface area contributed by atoms with Gasteiger partial charge in [0.25, 0.3) is 0 Å². The number of benzene rings is 2. The van der Waals surface area contributed by atoms with Gasteiger partial charge in [-0.15, -0.1) is 0 Å². The van der Waals surface area contributed by atoms with E-state index in [-0.39, 0.29) is 12.1 Å². The highest BCUT2D eigenvalue weighted by Gasteiger charge is 2.18. The molecule has 2 aromatic carbocycles. The summed E-state index contributed by atoms with van der Waals surface area (Å²) in [4.78, 5) is 12.1. The number of hydrogen-bond donors (Lipinski definition) is 0. The second-order valence-corrected chi connectivity index (χ2v) is 5.34. The largest absolute Gasteiger partial charge is 0.452 e. The first kappa shape index (κ1) is 16.3. The van der Waals surface area contributed by atoms with Gasteiger partial charge < -0.3 is 4.74 Å². The monoisotopic (exact) mass is 295 g/mol. The normalized spacial score (nSPS) is 10.6. The van der Waals surface area contributed by atoms with Gasteiger partial charge in [0.1, 0.15) is 0 Å². The van der Waals surface area contributed by atoms with Crippen LogP contribution in [0.5, 0.6) is 0 Å². The summed E-state index contributed by atoms with van der Waals surface area (Å²) in [6, 6.07) is 19.7. The first-order valence-electron chi connectivity index (χ1n) is 7.95. The average molecular weight is 295 g/mol. The Kier molecular flexibility index (Phi) is 6.69. The molecule has 0 aliphatic heterocycles. The highest BCUT2D eigenvalue weighted by molar-refractivity contribution is 5.79. The van der Waals surface area contributed by atoms with Crippen LogP contribution in [0.4, 0.5) is 0 Å². The lowest BCUT2D eigenvalue weighted by Gasteiger charge is -2.18. The molecule has 2 nitrogen and oxygen atoms in total. The van der Waals surface area contributed by atoms with Crippen LogP contribution in [0.1, 0.15) is 49.8 Å². The van der Waals surface area contributed by atoms with Gasteiger partial charge in [0, 0.05) is 0 Å². The van der Waals surface area contributed by atoms with Crippen molar-refractivity contribution in [3.05, 3.63) is 78.2 Å². The van der Waals surface area contributed by atoms with Crippen molar-refractivity contribution < 1.29 is 9.53 Å². The van der Waals surface area contributed by atoms with Crippen LogP contribution in [-0.2, 0) is 9.53 Å². The summed E-state index contributed by atoms with van der Waals surface area (Å²) in [6.45, 7) is 2.15. The lowest BCUT2D eigenvalue weighted by atomic mass is 10.0. The molecular formula is C20H23O2. The zero-order valence-electron chi connectivity index (χ0n) is 13.1. The average Bonchev–Trinajstić information content (AvgIpc) is 2.58. The number of ether oxygens (including phenoxy) is 1. The van der Waals surface area contributed by atoms with Crippen LogP contribution in [0.25, 0.3) is 0 Å². The summed E-state index contributed by atoms with van der Waals surface area (Å²) < 4.78 is 5.71. The van der Waals surface area contributed by atoms with Crippen LogP contribution in [0.2, 0.25) is 0 Å². The van der Waals surface area contributed by atoms with Gasteiger partial charge in [0.2, 0.25) is 0 Å². The number of unbranched alkanes of at least 4 members (excludes halogenated alkanes) is 3. The van der Waals surface area contributed by atoms with Crippen LogP contribution < -0.4 is 0 Å². The molecule has 2 rings (SSSR count). The van der Waals surface area contributed by atoms with E-state index in [2.05, 4.69) is 6.92 Å². The Bertz CT molecular complexity index is 509. The molecule has 0 heterocycles. The predicted octanol–water partition coefficient (Wildman–Crippen LogP) is 5.10. The van der Waals surface area contributed by atoms with Crippen molar-refractivity contribution in [2.45, 2.75) is 38.7 Å². The second kappa shape index (κ2) is 9.04. The Hall–Kier alpha value is -2.09. The molecule has 0 saturated heterocycles. The second-order valence-electron chi connectivity index (χ2n) is 5.34. The van der Waals surface area contributed by atoms with Gasteiger partial charge in [0.05, 0.1) is 6.42 Å². The Labute approximate surface area is 133 Å². The van der Waals surface area contributed by atoms with Crippen molar-refractivity contribution >= 4 is 5.97 Å². The number of esters is 1. The molecule has 0 aliphatic carbocycles. The summed E-state index contributed by atoms with van der Waals surface area (Å²) in [5, 5.41) is 0. The van der Waals surface area contributed by atoms with Crippen molar-refractivity contribution in [2.75, 3.05) is 0 Å². The van der Waals surface area contributed by atoms with Gasteiger partial charge in [-0.2, -0.15) is 0 Å². The molecule has 0 aliphatic rings. The van der Waals surface area contributed by atoms with Crippen LogP contribution in [0.3, 0.4) is 0 Å². The highest BCUT2D eigenvalue weighted by atomic mass is 16.5. The molecule has 0 spiro atoms. The number of carbonyl (C=O) groups is 1. The highest BCUT2D eigenvalue weighted by Crippen LogP contribution is 2.26. The third-order valence-electron chi connectivity index (χ3n) is 3.56. The molecule has 0 unspecified atom stereocenters. The molecular weight excluding hydrogens is 272 g/mol. The third-order valence-corrected chi connectivity index (χ3v) is 3.56. The zero-order chi connectivity index (χ0) is 15.6. The maximum Gasteiger partial charge on any atom is 0.310 e.